The van der Waals surface area contributed by atoms with Crippen LogP contribution in [-0.2, 0) is 9.59 Å². The molecule has 0 aliphatic heterocycles. The quantitative estimate of drug-likeness (QED) is 0.540. The summed E-state index contributed by atoms with van der Waals surface area (Å²) in [7, 11) is 0. The number of rotatable bonds is 2. The van der Waals surface area contributed by atoms with E-state index in [9.17, 15) is 9.59 Å². The van der Waals surface area contributed by atoms with Gasteiger partial charge in [-0.2, -0.15) is 0 Å². The van der Waals surface area contributed by atoms with Crippen molar-refractivity contribution in [1.82, 2.24) is 0 Å². The van der Waals surface area contributed by atoms with E-state index in [1.165, 1.54) is 0 Å². The van der Waals surface area contributed by atoms with Crippen LogP contribution in [0.2, 0.25) is 0 Å². The minimum absolute atomic E-state index is 0. The number of ketones is 1. The fraction of sp³-hybridized carbons (Fsp3) is 0.714. The molecule has 0 saturated carbocycles. The van der Waals surface area contributed by atoms with Crippen LogP contribution in [0.4, 0.5) is 0 Å². The monoisotopic (exact) mass is 134 g/mol. The third kappa shape index (κ3) is 38.2. The van der Waals surface area contributed by atoms with Crippen molar-refractivity contribution in [3.05, 3.63) is 0 Å². The minimum atomic E-state index is -0.495. The van der Waals surface area contributed by atoms with E-state index in [2.05, 4.69) is 0 Å². The van der Waals surface area contributed by atoms with Gasteiger partial charge >= 0.3 is 0 Å². The first-order chi connectivity index (χ1) is 4.54. The Kier molecular flexibility index (Phi) is 9.59. The summed E-state index contributed by atoms with van der Waals surface area (Å²) in [6.45, 7) is 5.09. The first-order valence-corrected chi connectivity index (χ1v) is 3.03. The van der Waals surface area contributed by atoms with Crippen molar-refractivity contribution in [3.8, 4) is 0 Å². The van der Waals surface area contributed by atoms with Gasteiger partial charge in [0.25, 0.3) is 0 Å². The Balaban J connectivity index is -0.000000107. The highest BCUT2D eigenvalue weighted by atomic mass is 16.1. The van der Waals surface area contributed by atoms with Crippen LogP contribution in [0, 0.1) is 0 Å². The van der Waals surface area contributed by atoms with Crippen LogP contribution in [0.1, 0.15) is 36.4 Å². The highest BCUT2D eigenvalue weighted by molar-refractivity contribution is 5.74. The predicted molar refractivity (Wildman–Crippen MR) is 39.4 cm³/mol. The van der Waals surface area contributed by atoms with Gasteiger partial charge in [-0.1, -0.05) is 13.8 Å². The van der Waals surface area contributed by atoms with Crippen LogP contribution in [0.15, 0.2) is 0 Å². The number of hydrogen-bond acceptors (Lipinski definition) is 2. The summed E-state index contributed by atoms with van der Waals surface area (Å²) in [5.74, 6) is 0.255. The minimum Gasteiger partial charge on any atom is -0.303 e. The summed E-state index contributed by atoms with van der Waals surface area (Å²) in [6.07, 6.45) is 0.505. The smallest absolute Gasteiger partial charge is 0.129 e. The molecular weight excluding hydrogens is 116 g/mol. The number of carbonyl (C=O) groups excluding carboxylic acids is 2. The molecule has 0 aliphatic carbocycles. The van der Waals surface area contributed by atoms with Crippen molar-refractivity contribution in [3.63, 3.8) is 0 Å². The number of carbonyl (C=O) groups is 2. The Morgan fingerprint density at radius 3 is 2.00 bits per heavy atom. The van der Waals surface area contributed by atoms with Crippen LogP contribution in [0.5, 0.6) is 0 Å². The van der Waals surface area contributed by atoms with Gasteiger partial charge in [-0.3, -0.25) is 0 Å². The van der Waals surface area contributed by atoms with Gasteiger partial charge in [-0.25, -0.2) is 0 Å². The highest BCUT2D eigenvalue weighted by Gasteiger charge is 1.76. The summed E-state index contributed by atoms with van der Waals surface area (Å²) in [5, 5.41) is 0. The van der Waals surface area contributed by atoms with Gasteiger partial charge in [0.15, 0.2) is 0 Å². The second-order valence-electron chi connectivity index (χ2n) is 1.55. The molecule has 9 heavy (non-hydrogen) atoms. The molecule has 56 valence electrons. The zero-order valence-electron chi connectivity index (χ0n) is 7.23. The molecule has 2 nitrogen and oxygen atoms in total. The Morgan fingerprint density at radius 2 is 2.00 bits per heavy atom. The van der Waals surface area contributed by atoms with Gasteiger partial charge in [-0.05, 0) is 6.92 Å². The number of Topliss-reactive ketones (excluding diaryl/α,β-unsaturated/α-hetero) is 1. The lowest BCUT2D eigenvalue weighted by Crippen LogP contribution is -1.80. The van der Waals surface area contributed by atoms with Crippen LogP contribution < -0.4 is 0 Å². The van der Waals surface area contributed by atoms with Crippen molar-refractivity contribution < 1.29 is 12.4 Å². The SMILES string of the molecule is CCC(C)=O.[2HH].[2H]C(=O)CC. The molecule has 0 bridgehead atoms. The largest absolute Gasteiger partial charge is 0.303 e. The van der Waals surface area contributed by atoms with Crippen molar-refractivity contribution in [2.75, 3.05) is 0 Å². The normalized spacial score (nSPS) is 8.56. The first kappa shape index (κ1) is 8.34. The molecule has 0 aromatic carbocycles. The average molecular weight is 134 g/mol. The second kappa shape index (κ2) is 10.3. The molecule has 2 heteroatoms. The number of hydrogen-bond donors (Lipinski definition) is 0. The van der Waals surface area contributed by atoms with Crippen molar-refractivity contribution >= 4 is 12.0 Å². The maximum atomic E-state index is 9.81. The van der Waals surface area contributed by atoms with E-state index in [0.717, 1.165) is 0 Å². The molecule has 0 saturated heterocycles. The van der Waals surface area contributed by atoms with E-state index >= 15 is 0 Å². The van der Waals surface area contributed by atoms with E-state index in [-0.39, 0.29) is 7.21 Å². The predicted octanol–water partition coefficient (Wildman–Crippen LogP) is 1.83. The Labute approximate surface area is 59.1 Å². The molecule has 0 aliphatic rings. The van der Waals surface area contributed by atoms with E-state index in [1.807, 2.05) is 6.92 Å². The van der Waals surface area contributed by atoms with Gasteiger partial charge in [0.2, 0.25) is 0 Å². The third-order valence-corrected chi connectivity index (χ3v) is 0.642. The lowest BCUT2D eigenvalue weighted by Gasteiger charge is -1.71. The molecule has 0 spiro atoms. The van der Waals surface area contributed by atoms with Gasteiger partial charge in [0, 0.05) is 14.3 Å². The van der Waals surface area contributed by atoms with Crippen LogP contribution in [-0.4, -0.2) is 12.0 Å². The summed E-state index contributed by atoms with van der Waals surface area (Å²) in [4.78, 5) is 19.3. The van der Waals surface area contributed by atoms with Crippen LogP contribution in [0.3, 0.4) is 0 Å². The van der Waals surface area contributed by atoms with Gasteiger partial charge < -0.3 is 9.59 Å². The Morgan fingerprint density at radius 1 is 1.78 bits per heavy atom. The molecule has 0 fully saturated rings. The molecule has 0 atom stereocenters. The Hall–Kier alpha value is -0.660. The summed E-state index contributed by atoms with van der Waals surface area (Å²) >= 11 is 0. The lowest BCUT2D eigenvalue weighted by molar-refractivity contribution is -0.116. The summed E-state index contributed by atoms with van der Waals surface area (Å²) in [6, 6.07) is 0. The molecule has 0 amide bonds. The van der Waals surface area contributed by atoms with Gasteiger partial charge in [0.05, 0.1) is 0 Å². The summed E-state index contributed by atoms with van der Waals surface area (Å²) in [5.41, 5.74) is 0. The Bertz CT molecular complexity index is 99.0. The fourth-order valence-electron chi connectivity index (χ4n) is 0. The zero-order valence-corrected chi connectivity index (χ0v) is 6.23. The standard InChI is InChI=1S/C4H8O.C3H6O.H2/c1-3-4(2)5;1-2-3-4;/h3H2,1-2H3;3H,2H2,1H3;1H/i;3D;1+1. The van der Waals surface area contributed by atoms with E-state index < -0.39 is 6.26 Å². The molecule has 0 aromatic rings. The molecule has 0 unspecified atom stereocenters. The average Bonchev–Trinajstić information content (AvgIpc) is 1.89. The lowest BCUT2D eigenvalue weighted by atomic mass is 10.4. The number of aldehydes is 1. The molecular formula is C7H16O2. The van der Waals surface area contributed by atoms with Gasteiger partial charge in [0.1, 0.15) is 13.4 Å². The van der Waals surface area contributed by atoms with Gasteiger partial charge in [-0.15, -0.1) is 0 Å². The van der Waals surface area contributed by atoms with E-state index in [1.54, 1.807) is 13.8 Å². The van der Waals surface area contributed by atoms with E-state index in [4.69, 9.17) is 1.37 Å². The fourth-order valence-corrected chi connectivity index (χ4v) is 0. The second-order valence-corrected chi connectivity index (χ2v) is 1.55. The molecule has 0 radical (unpaired) electrons. The topological polar surface area (TPSA) is 34.1 Å². The molecule has 0 aromatic heterocycles. The zero-order chi connectivity index (χ0) is 8.57. The molecule has 0 N–H and O–H groups in total. The highest BCUT2D eigenvalue weighted by Crippen LogP contribution is 1.71. The van der Waals surface area contributed by atoms with Crippen molar-refractivity contribution in [2.24, 2.45) is 0 Å². The maximum Gasteiger partial charge on any atom is 0.129 e. The summed E-state index contributed by atoms with van der Waals surface area (Å²) < 4.78 is 6.19. The maximum absolute atomic E-state index is 9.81. The van der Waals surface area contributed by atoms with E-state index in [0.29, 0.717) is 12.8 Å². The molecule has 0 heterocycles. The van der Waals surface area contributed by atoms with Crippen molar-refractivity contribution in [2.45, 2.75) is 33.6 Å². The van der Waals surface area contributed by atoms with Crippen LogP contribution in [0.25, 0.3) is 0 Å². The first-order valence-electron chi connectivity index (χ1n) is 3.53. The third-order valence-electron chi connectivity index (χ3n) is 0.642. The van der Waals surface area contributed by atoms with Crippen LogP contribution >= 0.6 is 0 Å². The molecule has 0 rings (SSSR count). The van der Waals surface area contributed by atoms with Crippen molar-refractivity contribution in [1.29, 1.82) is 0 Å².